The molecule has 0 aromatic carbocycles. The zero-order valence-corrected chi connectivity index (χ0v) is 10.9. The number of anilines is 1. The summed E-state index contributed by atoms with van der Waals surface area (Å²) in [4.78, 5) is 2.18. The van der Waals surface area contributed by atoms with Crippen molar-refractivity contribution < 1.29 is 5.11 Å². The van der Waals surface area contributed by atoms with Crippen LogP contribution in [0.1, 0.15) is 26.5 Å². The molecule has 0 unspecified atom stereocenters. The van der Waals surface area contributed by atoms with Crippen molar-refractivity contribution in [1.82, 2.24) is 14.5 Å². The van der Waals surface area contributed by atoms with Crippen molar-refractivity contribution in [2.45, 2.75) is 33.4 Å². The zero-order valence-electron chi connectivity index (χ0n) is 10.1. The maximum atomic E-state index is 9.00. The predicted molar refractivity (Wildman–Crippen MR) is 66.7 cm³/mol. The van der Waals surface area contributed by atoms with E-state index in [1.807, 2.05) is 0 Å². The second-order valence-corrected chi connectivity index (χ2v) is 4.62. The van der Waals surface area contributed by atoms with Gasteiger partial charge in [-0.05, 0) is 20.8 Å². The Morgan fingerprint density at radius 1 is 1.50 bits per heavy atom. The Hall–Kier alpha value is -0.720. The Morgan fingerprint density at radius 2 is 2.25 bits per heavy atom. The molecule has 0 saturated heterocycles. The summed E-state index contributed by atoms with van der Waals surface area (Å²) in [5.41, 5.74) is 0.967. The highest BCUT2D eigenvalue weighted by Crippen LogP contribution is 2.19. The van der Waals surface area contributed by atoms with Gasteiger partial charge in [-0.1, -0.05) is 4.49 Å². The van der Waals surface area contributed by atoms with Gasteiger partial charge in [0, 0.05) is 37.2 Å². The third-order valence-corrected chi connectivity index (χ3v) is 3.09. The standard InChI is InChI=1S/C10H20N4OS/c1-4-11-10-9(12-13-16-10)7-14(5-6-15)8(2)3/h8,11,15H,4-7H2,1-3H3. The van der Waals surface area contributed by atoms with E-state index < -0.39 is 0 Å². The second kappa shape index (κ2) is 6.78. The summed E-state index contributed by atoms with van der Waals surface area (Å²) in [6, 6.07) is 0.392. The molecule has 5 nitrogen and oxygen atoms in total. The van der Waals surface area contributed by atoms with Crippen LogP contribution in [-0.2, 0) is 6.54 Å². The minimum absolute atomic E-state index is 0.173. The number of nitrogens with zero attached hydrogens (tertiary/aromatic N) is 3. The van der Waals surface area contributed by atoms with Crippen LogP contribution in [0.15, 0.2) is 0 Å². The highest BCUT2D eigenvalue weighted by molar-refractivity contribution is 7.10. The van der Waals surface area contributed by atoms with Gasteiger partial charge in [-0.25, -0.2) is 0 Å². The Kier molecular flexibility index (Phi) is 5.65. The Bertz CT molecular complexity index is 303. The molecule has 2 N–H and O–H groups in total. The molecule has 0 radical (unpaired) electrons. The number of hydrogen-bond donors (Lipinski definition) is 2. The van der Waals surface area contributed by atoms with Crippen LogP contribution in [0.4, 0.5) is 5.00 Å². The number of aliphatic hydroxyl groups excluding tert-OH is 1. The van der Waals surface area contributed by atoms with Gasteiger partial charge >= 0.3 is 0 Å². The molecule has 1 heterocycles. The van der Waals surface area contributed by atoms with Crippen molar-refractivity contribution in [2.24, 2.45) is 0 Å². The zero-order chi connectivity index (χ0) is 12.0. The van der Waals surface area contributed by atoms with Crippen LogP contribution in [0.25, 0.3) is 0 Å². The summed E-state index contributed by atoms with van der Waals surface area (Å²) < 4.78 is 3.95. The van der Waals surface area contributed by atoms with Gasteiger partial charge in [-0.2, -0.15) is 0 Å². The summed E-state index contributed by atoms with van der Waals surface area (Å²) in [5, 5.41) is 17.4. The molecule has 0 aliphatic heterocycles. The van der Waals surface area contributed by atoms with E-state index in [1.165, 1.54) is 11.5 Å². The summed E-state index contributed by atoms with van der Waals surface area (Å²) >= 11 is 1.38. The fraction of sp³-hybridized carbons (Fsp3) is 0.800. The molecule has 92 valence electrons. The molecular formula is C10H20N4OS. The van der Waals surface area contributed by atoms with Gasteiger partial charge < -0.3 is 10.4 Å². The lowest BCUT2D eigenvalue weighted by molar-refractivity contribution is 0.158. The first-order chi connectivity index (χ1) is 7.69. The van der Waals surface area contributed by atoms with E-state index in [4.69, 9.17) is 5.11 Å². The Morgan fingerprint density at radius 3 is 2.81 bits per heavy atom. The van der Waals surface area contributed by atoms with Crippen LogP contribution in [-0.4, -0.2) is 45.3 Å². The first-order valence-corrected chi connectivity index (χ1v) is 6.36. The molecule has 0 aliphatic rings. The molecule has 0 aliphatic carbocycles. The first-order valence-electron chi connectivity index (χ1n) is 5.59. The molecule has 0 spiro atoms. The van der Waals surface area contributed by atoms with Crippen molar-refractivity contribution in [1.29, 1.82) is 0 Å². The van der Waals surface area contributed by atoms with Gasteiger partial charge in [0.25, 0.3) is 0 Å². The molecule has 1 aromatic rings. The summed E-state index contributed by atoms with van der Waals surface area (Å²) in [6.45, 7) is 8.73. The number of rotatable bonds is 7. The lowest BCUT2D eigenvalue weighted by Crippen LogP contribution is -2.33. The van der Waals surface area contributed by atoms with Crippen LogP contribution in [0.5, 0.6) is 0 Å². The van der Waals surface area contributed by atoms with E-state index in [0.717, 1.165) is 23.8 Å². The summed E-state index contributed by atoms with van der Waals surface area (Å²) in [6.07, 6.45) is 0. The third kappa shape index (κ3) is 3.70. The molecule has 1 aromatic heterocycles. The van der Waals surface area contributed by atoms with Crippen molar-refractivity contribution in [3.05, 3.63) is 5.69 Å². The van der Waals surface area contributed by atoms with Crippen molar-refractivity contribution in [3.8, 4) is 0 Å². The molecular weight excluding hydrogens is 224 g/mol. The van der Waals surface area contributed by atoms with Gasteiger partial charge in [0.1, 0.15) is 10.7 Å². The monoisotopic (exact) mass is 244 g/mol. The fourth-order valence-corrected chi connectivity index (χ4v) is 2.09. The Balaban J connectivity index is 2.65. The first kappa shape index (κ1) is 13.3. The van der Waals surface area contributed by atoms with Crippen molar-refractivity contribution in [3.63, 3.8) is 0 Å². The molecule has 1 rings (SSSR count). The van der Waals surface area contributed by atoms with Crippen molar-refractivity contribution >= 4 is 16.5 Å². The maximum absolute atomic E-state index is 9.00. The van der Waals surface area contributed by atoms with Crippen LogP contribution < -0.4 is 5.32 Å². The summed E-state index contributed by atoms with van der Waals surface area (Å²) in [5.74, 6) is 0. The topological polar surface area (TPSA) is 61.3 Å². The quantitative estimate of drug-likeness (QED) is 0.754. The van der Waals surface area contributed by atoms with Gasteiger partial charge in [-0.15, -0.1) is 5.10 Å². The smallest absolute Gasteiger partial charge is 0.134 e. The van der Waals surface area contributed by atoms with Gasteiger partial charge in [-0.3, -0.25) is 4.90 Å². The van der Waals surface area contributed by atoms with E-state index in [1.54, 1.807) is 0 Å². The van der Waals surface area contributed by atoms with Crippen LogP contribution in [0.3, 0.4) is 0 Å². The average molecular weight is 244 g/mol. The maximum Gasteiger partial charge on any atom is 0.134 e. The van der Waals surface area contributed by atoms with E-state index in [0.29, 0.717) is 12.6 Å². The number of hydrogen-bond acceptors (Lipinski definition) is 6. The lowest BCUT2D eigenvalue weighted by Gasteiger charge is -2.24. The number of aliphatic hydroxyl groups is 1. The molecule has 0 atom stereocenters. The largest absolute Gasteiger partial charge is 0.395 e. The molecule has 0 amide bonds. The predicted octanol–water partition coefficient (Wildman–Crippen LogP) is 1.17. The Labute approximate surface area is 101 Å². The fourth-order valence-electron chi connectivity index (χ4n) is 1.45. The minimum Gasteiger partial charge on any atom is -0.395 e. The molecule has 0 bridgehead atoms. The second-order valence-electron chi connectivity index (χ2n) is 3.87. The van der Waals surface area contributed by atoms with E-state index >= 15 is 0 Å². The highest BCUT2D eigenvalue weighted by atomic mass is 32.1. The minimum atomic E-state index is 0.173. The molecule has 6 heteroatoms. The van der Waals surface area contributed by atoms with E-state index in [9.17, 15) is 0 Å². The lowest BCUT2D eigenvalue weighted by atomic mass is 10.3. The van der Waals surface area contributed by atoms with Crippen LogP contribution >= 0.6 is 11.5 Å². The van der Waals surface area contributed by atoms with E-state index in [-0.39, 0.29) is 6.61 Å². The van der Waals surface area contributed by atoms with Gasteiger partial charge in [0.15, 0.2) is 0 Å². The number of aromatic nitrogens is 2. The highest BCUT2D eigenvalue weighted by Gasteiger charge is 2.14. The molecule has 16 heavy (non-hydrogen) atoms. The average Bonchev–Trinajstić information content (AvgIpc) is 2.65. The van der Waals surface area contributed by atoms with Crippen LogP contribution in [0, 0.1) is 0 Å². The van der Waals surface area contributed by atoms with Crippen molar-refractivity contribution in [2.75, 3.05) is 25.0 Å². The normalized spacial score (nSPS) is 11.4. The van der Waals surface area contributed by atoms with Crippen LogP contribution in [0.2, 0.25) is 0 Å². The van der Waals surface area contributed by atoms with Gasteiger partial charge in [0.2, 0.25) is 0 Å². The SMILES string of the molecule is CCNc1snnc1CN(CCO)C(C)C. The summed E-state index contributed by atoms with van der Waals surface area (Å²) in [7, 11) is 0. The third-order valence-electron chi connectivity index (χ3n) is 2.36. The number of nitrogens with one attached hydrogen (secondary N) is 1. The van der Waals surface area contributed by atoms with E-state index in [2.05, 4.69) is 40.6 Å². The van der Waals surface area contributed by atoms with Gasteiger partial charge in [0.05, 0.1) is 6.61 Å². The molecule has 0 saturated carbocycles. The molecule has 0 fully saturated rings.